The zero-order valence-corrected chi connectivity index (χ0v) is 9.23. The Morgan fingerprint density at radius 3 is 2.88 bits per heavy atom. The van der Waals surface area contributed by atoms with Crippen molar-refractivity contribution < 1.29 is 4.79 Å². The maximum absolute atomic E-state index is 11.8. The number of rotatable bonds is 3. The third-order valence-corrected chi connectivity index (χ3v) is 3.61. The zero-order chi connectivity index (χ0) is 11.1. The van der Waals surface area contributed by atoms with Gasteiger partial charge in [-0.2, -0.15) is 0 Å². The quantitative estimate of drug-likeness (QED) is 0.823. The highest BCUT2D eigenvalue weighted by Gasteiger charge is 2.51. The molecule has 1 aliphatic carbocycles. The number of benzene rings is 1. The molecule has 0 bridgehead atoms. The lowest BCUT2D eigenvalue weighted by Gasteiger charge is -2.18. The number of nitrogens with two attached hydrogens (primary N) is 1. The third-order valence-electron chi connectivity index (χ3n) is 3.61. The molecule has 2 aliphatic rings. The molecule has 3 heteroatoms. The molecule has 0 radical (unpaired) electrons. The van der Waals surface area contributed by atoms with Gasteiger partial charge in [-0.05, 0) is 23.5 Å². The Morgan fingerprint density at radius 2 is 2.19 bits per heavy atom. The van der Waals surface area contributed by atoms with Crippen molar-refractivity contribution in [1.29, 1.82) is 0 Å². The molecule has 1 heterocycles. The minimum Gasteiger partial charge on any atom is -0.338 e. The van der Waals surface area contributed by atoms with Crippen LogP contribution in [-0.2, 0) is 17.9 Å². The monoisotopic (exact) mass is 216 g/mol. The maximum atomic E-state index is 11.8. The van der Waals surface area contributed by atoms with Crippen LogP contribution in [0.2, 0.25) is 0 Å². The molecule has 1 saturated carbocycles. The average molecular weight is 216 g/mol. The molecule has 16 heavy (non-hydrogen) atoms. The summed E-state index contributed by atoms with van der Waals surface area (Å²) in [7, 11) is 0. The van der Waals surface area contributed by atoms with Crippen LogP contribution in [0.4, 0.5) is 0 Å². The molecule has 1 saturated heterocycles. The van der Waals surface area contributed by atoms with Crippen molar-refractivity contribution in [2.45, 2.75) is 19.5 Å². The minimum absolute atomic E-state index is 0.350. The van der Waals surface area contributed by atoms with E-state index >= 15 is 0 Å². The van der Waals surface area contributed by atoms with Crippen LogP contribution in [0.5, 0.6) is 0 Å². The van der Waals surface area contributed by atoms with E-state index in [1.807, 2.05) is 17.0 Å². The molecule has 1 aromatic rings. The van der Waals surface area contributed by atoms with E-state index in [1.54, 1.807) is 0 Å². The van der Waals surface area contributed by atoms with Gasteiger partial charge in [-0.1, -0.05) is 24.3 Å². The summed E-state index contributed by atoms with van der Waals surface area (Å²) in [5.74, 6) is 1.37. The summed E-state index contributed by atoms with van der Waals surface area (Å²) >= 11 is 0. The first-order valence-corrected chi connectivity index (χ1v) is 5.84. The highest BCUT2D eigenvalue weighted by Crippen LogP contribution is 2.46. The largest absolute Gasteiger partial charge is 0.338 e. The van der Waals surface area contributed by atoms with E-state index in [-0.39, 0.29) is 0 Å². The molecule has 1 aromatic carbocycles. The van der Waals surface area contributed by atoms with Crippen LogP contribution in [0.1, 0.15) is 17.5 Å². The first kappa shape index (κ1) is 9.85. The van der Waals surface area contributed by atoms with Gasteiger partial charge in [-0.25, -0.2) is 0 Å². The molecule has 2 N–H and O–H groups in total. The van der Waals surface area contributed by atoms with Gasteiger partial charge in [-0.3, -0.25) is 4.79 Å². The van der Waals surface area contributed by atoms with Crippen LogP contribution < -0.4 is 5.73 Å². The van der Waals surface area contributed by atoms with Crippen LogP contribution in [0.15, 0.2) is 24.3 Å². The second kappa shape index (κ2) is 3.59. The van der Waals surface area contributed by atoms with Crippen molar-refractivity contribution in [3.8, 4) is 0 Å². The number of carbonyl (C=O) groups is 1. The van der Waals surface area contributed by atoms with Gasteiger partial charge in [0, 0.05) is 25.6 Å². The molecule has 2 unspecified atom stereocenters. The summed E-state index contributed by atoms with van der Waals surface area (Å²) in [6.45, 7) is 2.27. The highest BCUT2D eigenvalue weighted by atomic mass is 16.2. The van der Waals surface area contributed by atoms with E-state index < -0.39 is 0 Å². The van der Waals surface area contributed by atoms with Gasteiger partial charge in [0.05, 0.1) is 0 Å². The van der Waals surface area contributed by atoms with Crippen LogP contribution in [-0.4, -0.2) is 17.4 Å². The van der Waals surface area contributed by atoms with Gasteiger partial charge < -0.3 is 10.6 Å². The predicted octanol–water partition coefficient (Wildman–Crippen LogP) is 1.12. The summed E-state index contributed by atoms with van der Waals surface area (Å²) < 4.78 is 0. The van der Waals surface area contributed by atoms with Gasteiger partial charge >= 0.3 is 0 Å². The number of amides is 1. The summed E-state index contributed by atoms with van der Waals surface area (Å²) in [6, 6.07) is 8.19. The van der Waals surface area contributed by atoms with E-state index in [2.05, 4.69) is 12.1 Å². The molecule has 1 aliphatic heterocycles. The Morgan fingerprint density at radius 1 is 1.38 bits per heavy atom. The second-order valence-corrected chi connectivity index (χ2v) is 4.85. The Bertz CT molecular complexity index is 430. The van der Waals surface area contributed by atoms with Gasteiger partial charge in [0.15, 0.2) is 0 Å². The van der Waals surface area contributed by atoms with Crippen LogP contribution >= 0.6 is 0 Å². The number of likely N-dealkylation sites (tertiary alicyclic amines) is 1. The Labute approximate surface area is 95.2 Å². The molecule has 2 atom stereocenters. The lowest BCUT2D eigenvalue weighted by Crippen LogP contribution is -2.27. The molecule has 2 fully saturated rings. The van der Waals surface area contributed by atoms with Crippen LogP contribution in [0.25, 0.3) is 0 Å². The number of hydrogen-bond acceptors (Lipinski definition) is 2. The van der Waals surface area contributed by atoms with Crippen molar-refractivity contribution in [2.75, 3.05) is 6.54 Å². The molecule has 0 aromatic heterocycles. The molecule has 1 amide bonds. The van der Waals surface area contributed by atoms with E-state index in [9.17, 15) is 4.79 Å². The normalized spacial score (nSPS) is 27.1. The van der Waals surface area contributed by atoms with E-state index in [0.717, 1.165) is 25.1 Å². The summed E-state index contributed by atoms with van der Waals surface area (Å²) in [4.78, 5) is 13.8. The van der Waals surface area contributed by atoms with Gasteiger partial charge in [0.1, 0.15) is 0 Å². The van der Waals surface area contributed by atoms with E-state index in [4.69, 9.17) is 5.73 Å². The summed E-state index contributed by atoms with van der Waals surface area (Å²) in [5.41, 5.74) is 7.93. The topological polar surface area (TPSA) is 46.3 Å². The Kier molecular flexibility index (Phi) is 2.21. The zero-order valence-electron chi connectivity index (χ0n) is 9.23. The van der Waals surface area contributed by atoms with Gasteiger partial charge in [0.25, 0.3) is 0 Å². The minimum atomic E-state index is 0.350. The fraction of sp³-hybridized carbons (Fsp3) is 0.462. The third kappa shape index (κ3) is 1.61. The predicted molar refractivity (Wildman–Crippen MR) is 61.3 cm³/mol. The molecule has 3 nitrogen and oxygen atoms in total. The number of carbonyl (C=O) groups excluding carboxylic acids is 1. The molecular formula is C13H16N2O. The average Bonchev–Trinajstić information content (AvgIpc) is 3.01. The van der Waals surface area contributed by atoms with Crippen molar-refractivity contribution in [1.82, 2.24) is 4.90 Å². The van der Waals surface area contributed by atoms with Crippen LogP contribution in [0, 0.1) is 11.8 Å². The summed E-state index contributed by atoms with van der Waals surface area (Å²) in [5, 5.41) is 0. The number of fused-ring (bicyclic) bond motifs is 1. The van der Waals surface area contributed by atoms with Crippen LogP contribution in [0.3, 0.4) is 0 Å². The Balaban J connectivity index is 1.71. The smallest absolute Gasteiger partial charge is 0.226 e. The lowest BCUT2D eigenvalue weighted by atomic mass is 10.1. The summed E-state index contributed by atoms with van der Waals surface area (Å²) in [6.07, 6.45) is 1.12. The molecule has 0 spiro atoms. The van der Waals surface area contributed by atoms with Gasteiger partial charge in [-0.15, -0.1) is 0 Å². The van der Waals surface area contributed by atoms with Crippen molar-refractivity contribution >= 4 is 5.91 Å². The van der Waals surface area contributed by atoms with Crippen molar-refractivity contribution in [3.63, 3.8) is 0 Å². The number of hydrogen-bond donors (Lipinski definition) is 1. The standard InChI is InChI=1S/C13H16N2O/c14-6-9-2-1-3-10(4-9)7-15-8-11-5-12(11)13(15)16/h1-4,11-12H,5-8,14H2. The fourth-order valence-corrected chi connectivity index (χ4v) is 2.58. The van der Waals surface area contributed by atoms with Gasteiger partial charge in [0.2, 0.25) is 5.91 Å². The highest BCUT2D eigenvalue weighted by molar-refractivity contribution is 5.84. The molecule has 3 rings (SSSR count). The van der Waals surface area contributed by atoms with E-state index in [0.29, 0.717) is 24.3 Å². The number of piperidine rings is 1. The molecule has 84 valence electrons. The first-order valence-electron chi connectivity index (χ1n) is 5.84. The van der Waals surface area contributed by atoms with Crippen molar-refractivity contribution in [3.05, 3.63) is 35.4 Å². The fourth-order valence-electron chi connectivity index (χ4n) is 2.58. The SMILES string of the molecule is NCc1cccc(CN2CC3CC3C2=O)c1. The van der Waals surface area contributed by atoms with E-state index in [1.165, 1.54) is 5.56 Å². The van der Waals surface area contributed by atoms with Crippen molar-refractivity contribution in [2.24, 2.45) is 17.6 Å². The lowest BCUT2D eigenvalue weighted by molar-refractivity contribution is -0.130. The second-order valence-electron chi connectivity index (χ2n) is 4.85. The first-order chi connectivity index (χ1) is 7.78. The maximum Gasteiger partial charge on any atom is 0.226 e. The number of nitrogens with zero attached hydrogens (tertiary/aromatic N) is 1. The Hall–Kier alpha value is -1.35. The molecular weight excluding hydrogens is 200 g/mol.